The first-order valence-electron chi connectivity index (χ1n) is 13.1. The van der Waals surface area contributed by atoms with Crippen LogP contribution in [0, 0.1) is 13.7 Å². The van der Waals surface area contributed by atoms with Crippen molar-refractivity contribution in [1.82, 2.24) is 10.2 Å². The molecule has 204 valence electrons. The Labute approximate surface area is 236 Å². The van der Waals surface area contributed by atoms with E-state index in [2.05, 4.69) is 27.9 Å². The third kappa shape index (κ3) is 5.57. The van der Waals surface area contributed by atoms with E-state index in [0.717, 1.165) is 46.8 Å². The van der Waals surface area contributed by atoms with Crippen LogP contribution < -0.4 is 5.32 Å². The summed E-state index contributed by atoms with van der Waals surface area (Å²) in [5.74, 6) is -0.365. The fourth-order valence-corrected chi connectivity index (χ4v) is 6.81. The normalized spacial score (nSPS) is 22.0. The molecule has 4 rings (SSSR count). The topological polar surface area (TPSA) is 122 Å². The third-order valence-corrected chi connectivity index (χ3v) is 8.72. The van der Waals surface area contributed by atoms with Crippen LogP contribution in [0.5, 0.6) is 0 Å². The zero-order chi connectivity index (χ0) is 27.3. The van der Waals surface area contributed by atoms with Crippen LogP contribution in [0.1, 0.15) is 67.7 Å². The molecular formula is C28H34IN3O6. The second-order valence-corrected chi connectivity index (χ2v) is 11.2. The Hall–Kier alpha value is -2.57. The lowest BCUT2D eigenvalue weighted by Crippen LogP contribution is -2.50. The van der Waals surface area contributed by atoms with Crippen molar-refractivity contribution in [2.45, 2.75) is 69.1 Å². The molecule has 9 nitrogen and oxygen atoms in total. The van der Waals surface area contributed by atoms with Crippen molar-refractivity contribution in [3.63, 3.8) is 0 Å². The maximum Gasteiger partial charge on any atom is 0.269 e. The van der Waals surface area contributed by atoms with Gasteiger partial charge in [-0.05, 0) is 64.6 Å². The first-order valence-corrected chi connectivity index (χ1v) is 14.1. The van der Waals surface area contributed by atoms with Gasteiger partial charge in [0, 0.05) is 48.4 Å². The smallest absolute Gasteiger partial charge is 0.269 e. The number of nitro groups is 1. The third-order valence-electron chi connectivity index (χ3n) is 7.78. The van der Waals surface area contributed by atoms with Gasteiger partial charge < -0.3 is 20.1 Å². The summed E-state index contributed by atoms with van der Waals surface area (Å²) in [6.45, 7) is 0.758. The number of non-ortho nitro benzene ring substituents is 1. The molecule has 2 fully saturated rings. The molecule has 1 saturated heterocycles. The van der Waals surface area contributed by atoms with Gasteiger partial charge in [0.05, 0.1) is 17.6 Å². The molecule has 2 N–H and O–H groups in total. The van der Waals surface area contributed by atoms with E-state index < -0.39 is 16.4 Å². The highest BCUT2D eigenvalue weighted by Gasteiger charge is 2.59. The number of carbonyl (C=O) groups is 2. The summed E-state index contributed by atoms with van der Waals surface area (Å²) in [5.41, 5.74) is 0.806. The van der Waals surface area contributed by atoms with Crippen LogP contribution in [0.4, 0.5) is 5.69 Å². The minimum atomic E-state index is -1.28. The number of amides is 2. The number of nitrogens with zero attached hydrogens (tertiary/aromatic N) is 2. The summed E-state index contributed by atoms with van der Waals surface area (Å²) in [4.78, 5) is 41.0. The first-order chi connectivity index (χ1) is 18.3. The maximum absolute atomic E-state index is 14.2. The van der Waals surface area contributed by atoms with Gasteiger partial charge in [-0.1, -0.05) is 43.5 Å². The second-order valence-electron chi connectivity index (χ2n) is 10.1. The summed E-state index contributed by atoms with van der Waals surface area (Å²) in [5, 5.41) is 24.1. The van der Waals surface area contributed by atoms with Crippen molar-refractivity contribution in [3.05, 3.63) is 72.8 Å². The summed E-state index contributed by atoms with van der Waals surface area (Å²) < 4.78 is 5.99. The Morgan fingerprint density at radius 3 is 2.53 bits per heavy atom. The van der Waals surface area contributed by atoms with E-state index in [1.54, 1.807) is 19.2 Å². The first kappa shape index (κ1) is 28.4. The van der Waals surface area contributed by atoms with Crippen LogP contribution in [0.15, 0.2) is 42.5 Å². The molecular weight excluding hydrogens is 601 g/mol. The van der Waals surface area contributed by atoms with Gasteiger partial charge in [-0.25, -0.2) is 0 Å². The highest BCUT2D eigenvalue weighted by Crippen LogP contribution is 2.53. The lowest BCUT2D eigenvalue weighted by atomic mass is 9.70. The van der Waals surface area contributed by atoms with Crippen LogP contribution in [-0.4, -0.2) is 53.0 Å². The van der Waals surface area contributed by atoms with Crippen LogP contribution in [0.25, 0.3) is 0 Å². The number of nitro benzene ring substituents is 1. The predicted octanol–water partition coefficient (Wildman–Crippen LogP) is 4.39. The van der Waals surface area contributed by atoms with Crippen molar-refractivity contribution in [1.29, 1.82) is 0 Å². The molecule has 1 aliphatic carbocycles. The quantitative estimate of drug-likeness (QED) is 0.173. The van der Waals surface area contributed by atoms with E-state index in [9.17, 15) is 24.8 Å². The van der Waals surface area contributed by atoms with Crippen LogP contribution in [0.2, 0.25) is 0 Å². The minimum Gasteiger partial charge on any atom is -0.392 e. The van der Waals surface area contributed by atoms with Gasteiger partial charge in [-0.3, -0.25) is 19.7 Å². The van der Waals surface area contributed by atoms with Crippen LogP contribution in [0.3, 0.4) is 0 Å². The van der Waals surface area contributed by atoms with E-state index in [1.165, 1.54) is 12.1 Å². The molecule has 10 heteroatoms. The molecule has 2 amide bonds. The van der Waals surface area contributed by atoms with E-state index in [1.807, 2.05) is 23.1 Å². The van der Waals surface area contributed by atoms with Gasteiger partial charge in [-0.2, -0.15) is 0 Å². The highest BCUT2D eigenvalue weighted by atomic mass is 127. The van der Waals surface area contributed by atoms with Gasteiger partial charge in [0.2, 0.25) is 11.8 Å². The molecule has 38 heavy (non-hydrogen) atoms. The van der Waals surface area contributed by atoms with Gasteiger partial charge in [0.15, 0.2) is 0 Å². The zero-order valence-electron chi connectivity index (χ0n) is 21.5. The molecule has 2 aromatic carbocycles. The van der Waals surface area contributed by atoms with Crippen molar-refractivity contribution in [3.8, 4) is 0 Å². The van der Waals surface area contributed by atoms with Crippen molar-refractivity contribution in [2.24, 2.45) is 0 Å². The molecule has 0 aromatic heterocycles. The number of benzene rings is 2. The molecule has 0 bridgehead atoms. The lowest BCUT2D eigenvalue weighted by molar-refractivity contribution is -0.384. The number of carbonyl (C=O) groups excluding carboxylic acids is 2. The Bertz CT molecular complexity index is 1170. The van der Waals surface area contributed by atoms with Crippen molar-refractivity contribution in [2.75, 3.05) is 20.3 Å². The zero-order valence-corrected chi connectivity index (χ0v) is 23.7. The Balaban J connectivity index is 1.89. The number of aliphatic hydroxyl groups excluding tert-OH is 1. The number of methoxy groups -OCH3 is 1. The van der Waals surface area contributed by atoms with E-state index >= 15 is 0 Å². The summed E-state index contributed by atoms with van der Waals surface area (Å²) in [7, 11) is 1.60. The molecule has 2 aliphatic rings. The molecule has 1 saturated carbocycles. The second kappa shape index (κ2) is 12.5. The number of aliphatic hydroxyl groups is 1. The molecule has 1 aliphatic heterocycles. The largest absolute Gasteiger partial charge is 0.392 e. The molecule has 0 unspecified atom stereocenters. The van der Waals surface area contributed by atoms with E-state index in [4.69, 9.17) is 4.74 Å². The van der Waals surface area contributed by atoms with Crippen LogP contribution >= 0.6 is 22.6 Å². The number of hydrogen-bond acceptors (Lipinski definition) is 6. The molecule has 1 heterocycles. The monoisotopic (exact) mass is 635 g/mol. The number of nitrogens with one attached hydrogen (secondary N) is 1. The van der Waals surface area contributed by atoms with Gasteiger partial charge >= 0.3 is 0 Å². The van der Waals surface area contributed by atoms with Gasteiger partial charge in [0.25, 0.3) is 5.69 Å². The number of likely N-dealkylation sites (tertiary alicyclic amines) is 1. The Morgan fingerprint density at radius 2 is 1.92 bits per heavy atom. The summed E-state index contributed by atoms with van der Waals surface area (Å²) in [6, 6.07) is 11.1. The van der Waals surface area contributed by atoms with Crippen LogP contribution in [-0.2, 0) is 26.3 Å². The van der Waals surface area contributed by atoms with Crippen molar-refractivity contribution < 1.29 is 24.4 Å². The maximum atomic E-state index is 14.2. The molecule has 2 aromatic rings. The van der Waals surface area contributed by atoms with E-state index in [0.29, 0.717) is 25.1 Å². The Morgan fingerprint density at radius 1 is 1.21 bits per heavy atom. The average Bonchev–Trinajstić information content (AvgIpc) is 3.24. The predicted molar refractivity (Wildman–Crippen MR) is 150 cm³/mol. The number of halogens is 1. The van der Waals surface area contributed by atoms with E-state index in [-0.39, 0.29) is 36.6 Å². The fraction of sp³-hybridized carbons (Fsp3) is 0.500. The summed E-state index contributed by atoms with van der Waals surface area (Å²) >= 11 is 2.21. The number of hydrogen-bond donors (Lipinski definition) is 2. The molecule has 0 spiro atoms. The number of rotatable bonds is 10. The molecule has 2 atom stereocenters. The highest BCUT2D eigenvalue weighted by molar-refractivity contribution is 14.1. The minimum absolute atomic E-state index is 0.00998. The van der Waals surface area contributed by atoms with Crippen molar-refractivity contribution >= 4 is 40.1 Å². The fourth-order valence-electron chi connectivity index (χ4n) is 5.94. The standard InChI is InChI=1S/C28H34IN3O6/c1-38-15-5-14-30-27(35)28(20-9-11-22(12-10-20)32(36)37)17-25(34)31(21-6-3-2-4-7-21)26(28)23-13-8-19(18-33)16-24(23)29/h8-13,16,21,26,33H,2-7,14-15,17-18H2,1H3,(H,30,35)/t26-,28-/m1/s1. The number of ether oxygens (including phenoxy) is 1. The van der Waals surface area contributed by atoms with Gasteiger partial charge in [0.1, 0.15) is 5.41 Å². The average molecular weight is 635 g/mol. The molecule has 0 radical (unpaired) electrons. The Kier molecular flexibility index (Phi) is 9.37. The summed E-state index contributed by atoms with van der Waals surface area (Å²) in [6.07, 6.45) is 5.51. The SMILES string of the molecule is COCCCNC(=O)[C@@]1(c2ccc([N+](=O)[O-])cc2)CC(=O)N(C2CCCCC2)[C@@H]1c1ccc(CO)cc1I. The van der Waals surface area contributed by atoms with Gasteiger partial charge in [-0.15, -0.1) is 0 Å². The lowest BCUT2D eigenvalue weighted by Gasteiger charge is -2.42.